The molecule has 0 aliphatic rings. The molecule has 110 valence electrons. The monoisotopic (exact) mass is 289 g/mol. The predicted molar refractivity (Wildman–Crippen MR) is 77.9 cm³/mol. The Balaban J connectivity index is 2.13. The number of esters is 1. The van der Waals surface area contributed by atoms with Crippen molar-refractivity contribution in [3.05, 3.63) is 58.9 Å². The van der Waals surface area contributed by atoms with Gasteiger partial charge in [0.05, 0.1) is 12.7 Å². The fourth-order valence-corrected chi connectivity index (χ4v) is 1.99. The molecule has 0 bridgehead atoms. The Morgan fingerprint density at radius 1 is 1.29 bits per heavy atom. The lowest BCUT2D eigenvalue weighted by Gasteiger charge is -2.11. The molecule has 2 aromatic carbocycles. The second-order valence-corrected chi connectivity index (χ2v) is 4.65. The molecular weight excluding hydrogens is 273 g/mol. The molecule has 4 nitrogen and oxygen atoms in total. The molecule has 0 atom stereocenters. The summed E-state index contributed by atoms with van der Waals surface area (Å²) >= 11 is 0. The first-order chi connectivity index (χ1) is 10.0. The SMILES string of the molecule is COC(=O)c1ccc(NCc2cc(F)ccc2O)c(C)c1. The van der Waals surface area contributed by atoms with E-state index >= 15 is 0 Å². The van der Waals surface area contributed by atoms with Gasteiger partial charge in [0, 0.05) is 17.8 Å². The van der Waals surface area contributed by atoms with Crippen molar-refractivity contribution in [2.75, 3.05) is 12.4 Å². The number of phenolic OH excluding ortho intramolecular Hbond substituents is 1. The molecule has 2 rings (SSSR count). The number of hydrogen-bond donors (Lipinski definition) is 2. The lowest BCUT2D eigenvalue weighted by Crippen LogP contribution is -2.05. The summed E-state index contributed by atoms with van der Waals surface area (Å²) in [5.41, 5.74) is 2.58. The van der Waals surface area contributed by atoms with Crippen LogP contribution < -0.4 is 5.32 Å². The van der Waals surface area contributed by atoms with Crippen LogP contribution in [0, 0.1) is 12.7 Å². The molecule has 0 amide bonds. The van der Waals surface area contributed by atoms with Crippen LogP contribution in [0.4, 0.5) is 10.1 Å². The normalized spacial score (nSPS) is 10.2. The summed E-state index contributed by atoms with van der Waals surface area (Å²) in [6, 6.07) is 8.90. The summed E-state index contributed by atoms with van der Waals surface area (Å²) in [6.45, 7) is 2.13. The molecule has 0 heterocycles. The van der Waals surface area contributed by atoms with Gasteiger partial charge in [-0.25, -0.2) is 9.18 Å². The zero-order valence-electron chi connectivity index (χ0n) is 11.8. The van der Waals surface area contributed by atoms with E-state index in [9.17, 15) is 14.3 Å². The molecule has 0 aromatic heterocycles. The summed E-state index contributed by atoms with van der Waals surface area (Å²) in [5.74, 6) is -0.762. The van der Waals surface area contributed by atoms with Crippen LogP contribution in [0.5, 0.6) is 5.75 Å². The highest BCUT2D eigenvalue weighted by atomic mass is 19.1. The first kappa shape index (κ1) is 14.8. The van der Waals surface area contributed by atoms with Gasteiger partial charge in [-0.3, -0.25) is 0 Å². The molecule has 0 aliphatic heterocycles. The van der Waals surface area contributed by atoms with E-state index in [4.69, 9.17) is 0 Å². The maximum Gasteiger partial charge on any atom is 0.337 e. The van der Waals surface area contributed by atoms with Gasteiger partial charge in [-0.05, 0) is 48.9 Å². The van der Waals surface area contributed by atoms with Crippen molar-refractivity contribution in [3.8, 4) is 5.75 Å². The van der Waals surface area contributed by atoms with E-state index in [-0.39, 0.29) is 12.3 Å². The van der Waals surface area contributed by atoms with Crippen molar-refractivity contribution in [3.63, 3.8) is 0 Å². The Kier molecular flexibility index (Phi) is 4.42. The highest BCUT2D eigenvalue weighted by Crippen LogP contribution is 2.22. The summed E-state index contributed by atoms with van der Waals surface area (Å²) < 4.78 is 17.8. The van der Waals surface area contributed by atoms with Crippen LogP contribution >= 0.6 is 0 Å². The first-order valence-electron chi connectivity index (χ1n) is 6.41. The van der Waals surface area contributed by atoms with Crippen molar-refractivity contribution >= 4 is 11.7 Å². The van der Waals surface area contributed by atoms with E-state index < -0.39 is 11.8 Å². The fraction of sp³-hybridized carbons (Fsp3) is 0.188. The zero-order chi connectivity index (χ0) is 15.4. The van der Waals surface area contributed by atoms with Gasteiger partial charge in [0.1, 0.15) is 11.6 Å². The third kappa shape index (κ3) is 3.51. The topological polar surface area (TPSA) is 58.6 Å². The van der Waals surface area contributed by atoms with Crippen molar-refractivity contribution < 1.29 is 19.0 Å². The molecule has 0 spiro atoms. The third-order valence-electron chi connectivity index (χ3n) is 3.16. The molecule has 0 aliphatic carbocycles. The number of methoxy groups -OCH3 is 1. The van der Waals surface area contributed by atoms with Gasteiger partial charge in [-0.1, -0.05) is 0 Å². The molecule has 0 fully saturated rings. The smallest absolute Gasteiger partial charge is 0.337 e. The van der Waals surface area contributed by atoms with Gasteiger partial charge in [-0.15, -0.1) is 0 Å². The summed E-state index contributed by atoms with van der Waals surface area (Å²) in [4.78, 5) is 11.4. The van der Waals surface area contributed by atoms with Gasteiger partial charge in [-0.2, -0.15) is 0 Å². The molecule has 5 heteroatoms. The van der Waals surface area contributed by atoms with E-state index in [1.807, 2.05) is 6.92 Å². The number of halogens is 1. The summed E-state index contributed by atoms with van der Waals surface area (Å²) in [7, 11) is 1.33. The average Bonchev–Trinajstić information content (AvgIpc) is 2.48. The van der Waals surface area contributed by atoms with E-state index in [0.717, 1.165) is 11.3 Å². The van der Waals surface area contributed by atoms with Gasteiger partial charge in [0.2, 0.25) is 0 Å². The second kappa shape index (κ2) is 6.26. The van der Waals surface area contributed by atoms with E-state index in [1.165, 1.54) is 25.3 Å². The number of hydrogen-bond acceptors (Lipinski definition) is 4. The van der Waals surface area contributed by atoms with Crippen molar-refractivity contribution in [1.82, 2.24) is 0 Å². The molecular formula is C16H16FNO3. The summed E-state index contributed by atoms with van der Waals surface area (Å²) in [5, 5.41) is 12.8. The van der Waals surface area contributed by atoms with Gasteiger partial charge >= 0.3 is 5.97 Å². The van der Waals surface area contributed by atoms with Crippen LogP contribution in [0.3, 0.4) is 0 Å². The highest BCUT2D eigenvalue weighted by Gasteiger charge is 2.08. The molecule has 0 unspecified atom stereocenters. The van der Waals surface area contributed by atoms with Crippen LogP contribution in [0.1, 0.15) is 21.5 Å². The minimum Gasteiger partial charge on any atom is -0.508 e. The molecule has 0 saturated heterocycles. The van der Waals surface area contributed by atoms with Gasteiger partial charge in [0.15, 0.2) is 0 Å². The van der Waals surface area contributed by atoms with Crippen molar-refractivity contribution in [1.29, 1.82) is 0 Å². The fourth-order valence-electron chi connectivity index (χ4n) is 1.99. The number of aromatic hydroxyl groups is 1. The number of carbonyl (C=O) groups excluding carboxylic acids is 1. The quantitative estimate of drug-likeness (QED) is 0.848. The van der Waals surface area contributed by atoms with Gasteiger partial charge in [0.25, 0.3) is 0 Å². The van der Waals surface area contributed by atoms with Crippen molar-refractivity contribution in [2.24, 2.45) is 0 Å². The average molecular weight is 289 g/mol. The molecule has 0 saturated carbocycles. The Labute approximate surface area is 122 Å². The van der Waals surface area contributed by atoms with Crippen LogP contribution in [-0.4, -0.2) is 18.2 Å². The minimum atomic E-state index is -0.401. The number of benzene rings is 2. The first-order valence-corrected chi connectivity index (χ1v) is 6.41. The number of carbonyl (C=O) groups is 1. The lowest BCUT2D eigenvalue weighted by atomic mass is 10.1. The number of rotatable bonds is 4. The Hall–Kier alpha value is -2.56. The molecule has 2 N–H and O–H groups in total. The van der Waals surface area contributed by atoms with E-state index in [0.29, 0.717) is 11.1 Å². The molecule has 2 aromatic rings. The molecule has 0 radical (unpaired) electrons. The molecule has 21 heavy (non-hydrogen) atoms. The number of aryl methyl sites for hydroxylation is 1. The lowest BCUT2D eigenvalue weighted by molar-refractivity contribution is 0.0600. The third-order valence-corrected chi connectivity index (χ3v) is 3.16. The van der Waals surface area contributed by atoms with Crippen LogP contribution in [-0.2, 0) is 11.3 Å². The number of ether oxygens (including phenoxy) is 1. The Bertz CT molecular complexity index is 671. The van der Waals surface area contributed by atoms with Crippen LogP contribution in [0.2, 0.25) is 0 Å². The predicted octanol–water partition coefficient (Wildman–Crippen LogP) is 3.24. The van der Waals surface area contributed by atoms with E-state index in [1.54, 1.807) is 18.2 Å². The Morgan fingerprint density at radius 2 is 2.05 bits per heavy atom. The maximum atomic E-state index is 13.1. The standard InChI is InChI=1S/C16H16FNO3/c1-10-7-11(16(20)21-2)3-5-14(10)18-9-12-8-13(17)4-6-15(12)19/h3-8,18-19H,9H2,1-2H3. The van der Waals surface area contributed by atoms with E-state index in [2.05, 4.69) is 10.1 Å². The maximum absolute atomic E-state index is 13.1. The van der Waals surface area contributed by atoms with Crippen LogP contribution in [0.15, 0.2) is 36.4 Å². The zero-order valence-corrected chi connectivity index (χ0v) is 11.8. The van der Waals surface area contributed by atoms with Crippen LogP contribution in [0.25, 0.3) is 0 Å². The largest absolute Gasteiger partial charge is 0.508 e. The summed E-state index contributed by atoms with van der Waals surface area (Å²) in [6.07, 6.45) is 0. The number of phenols is 1. The second-order valence-electron chi connectivity index (χ2n) is 4.65. The Morgan fingerprint density at radius 3 is 2.71 bits per heavy atom. The highest BCUT2D eigenvalue weighted by molar-refractivity contribution is 5.90. The van der Waals surface area contributed by atoms with Crippen molar-refractivity contribution in [2.45, 2.75) is 13.5 Å². The minimum absolute atomic E-state index is 0.0349. The number of anilines is 1. The number of nitrogens with one attached hydrogen (secondary N) is 1. The van der Waals surface area contributed by atoms with Gasteiger partial charge < -0.3 is 15.2 Å².